The minimum absolute atomic E-state index is 0.402. The van der Waals surface area contributed by atoms with Crippen LogP contribution in [0.3, 0.4) is 0 Å². The van der Waals surface area contributed by atoms with Crippen LogP contribution in [-0.4, -0.2) is 0 Å². The summed E-state index contributed by atoms with van der Waals surface area (Å²) in [6.07, 6.45) is 8.72. The second-order valence-corrected chi connectivity index (χ2v) is 5.89. The van der Waals surface area contributed by atoms with Crippen molar-refractivity contribution in [3.63, 3.8) is 0 Å². The molecule has 2 atom stereocenters. The van der Waals surface area contributed by atoms with E-state index in [1.165, 1.54) is 22.3 Å². The van der Waals surface area contributed by atoms with Crippen LogP contribution in [-0.2, 0) is 0 Å². The number of rotatable bonds is 4. The van der Waals surface area contributed by atoms with Crippen molar-refractivity contribution < 1.29 is 0 Å². The fraction of sp³-hybridized carbons (Fsp3) is 0.182. The molecule has 0 bridgehead atoms. The first-order valence-electron chi connectivity index (χ1n) is 7.96. The Kier molecular flexibility index (Phi) is 4.39. The van der Waals surface area contributed by atoms with Gasteiger partial charge in [0.15, 0.2) is 0 Å². The van der Waals surface area contributed by atoms with Crippen molar-refractivity contribution in [3.8, 4) is 0 Å². The monoisotopic (exact) mass is 286 g/mol. The van der Waals surface area contributed by atoms with Crippen molar-refractivity contribution >= 4 is 0 Å². The maximum atomic E-state index is 2.32. The molecule has 0 radical (unpaired) electrons. The molecule has 0 saturated heterocycles. The summed E-state index contributed by atoms with van der Waals surface area (Å²) >= 11 is 0. The average Bonchev–Trinajstić information content (AvgIpc) is 3.10. The highest BCUT2D eigenvalue weighted by molar-refractivity contribution is 5.50. The van der Waals surface area contributed by atoms with Crippen molar-refractivity contribution in [2.75, 3.05) is 0 Å². The number of allylic oxidation sites excluding steroid dienone is 6. The van der Waals surface area contributed by atoms with Crippen molar-refractivity contribution in [1.82, 2.24) is 0 Å². The maximum absolute atomic E-state index is 2.32. The molecule has 0 heteroatoms. The summed E-state index contributed by atoms with van der Waals surface area (Å²) in [6.45, 7) is 4.63. The Labute approximate surface area is 133 Å². The predicted molar refractivity (Wildman–Crippen MR) is 95.0 cm³/mol. The van der Waals surface area contributed by atoms with Gasteiger partial charge in [-0.05, 0) is 22.3 Å². The first-order chi connectivity index (χ1) is 10.8. The molecule has 1 aliphatic carbocycles. The van der Waals surface area contributed by atoms with Gasteiger partial charge in [0, 0.05) is 11.8 Å². The second-order valence-electron chi connectivity index (χ2n) is 5.89. The number of hydrogen-bond acceptors (Lipinski definition) is 0. The Morgan fingerprint density at radius 3 is 1.45 bits per heavy atom. The zero-order valence-corrected chi connectivity index (χ0v) is 13.2. The molecule has 0 heterocycles. The Hall–Kier alpha value is -2.34. The summed E-state index contributed by atoms with van der Waals surface area (Å²) in [5.41, 5.74) is 5.60. The first-order valence-corrected chi connectivity index (χ1v) is 7.96. The van der Waals surface area contributed by atoms with Crippen LogP contribution in [0.1, 0.15) is 36.8 Å². The van der Waals surface area contributed by atoms with Crippen LogP contribution < -0.4 is 0 Å². The quantitative estimate of drug-likeness (QED) is 0.645. The van der Waals surface area contributed by atoms with Crippen molar-refractivity contribution in [2.45, 2.75) is 25.7 Å². The van der Waals surface area contributed by atoms with E-state index in [2.05, 4.69) is 98.8 Å². The molecule has 0 fully saturated rings. The van der Waals surface area contributed by atoms with Gasteiger partial charge in [0.05, 0.1) is 0 Å². The molecule has 0 aliphatic heterocycles. The SMILES string of the molecule is CC(C(=C1C=CC=C1)C(C)c1ccccc1)c1ccccc1. The van der Waals surface area contributed by atoms with Gasteiger partial charge in [-0.1, -0.05) is 98.8 Å². The lowest BCUT2D eigenvalue weighted by Crippen LogP contribution is -2.08. The summed E-state index contributed by atoms with van der Waals surface area (Å²) in [7, 11) is 0. The van der Waals surface area contributed by atoms with Gasteiger partial charge in [-0.15, -0.1) is 0 Å². The molecular formula is C22H22. The minimum Gasteiger partial charge on any atom is -0.0622 e. The first kappa shape index (κ1) is 14.6. The lowest BCUT2D eigenvalue weighted by Gasteiger charge is -2.25. The van der Waals surface area contributed by atoms with E-state index in [9.17, 15) is 0 Å². The molecule has 0 aromatic heterocycles. The molecule has 22 heavy (non-hydrogen) atoms. The van der Waals surface area contributed by atoms with Crippen molar-refractivity contribution in [3.05, 3.63) is 107 Å². The van der Waals surface area contributed by atoms with Crippen LogP contribution in [0.25, 0.3) is 0 Å². The molecule has 2 aromatic rings. The molecule has 110 valence electrons. The fourth-order valence-electron chi connectivity index (χ4n) is 3.28. The highest BCUT2D eigenvalue weighted by Gasteiger charge is 2.21. The van der Waals surface area contributed by atoms with Gasteiger partial charge in [0.2, 0.25) is 0 Å². The second kappa shape index (κ2) is 6.62. The number of benzene rings is 2. The molecule has 1 aliphatic rings. The van der Waals surface area contributed by atoms with Crippen LogP contribution in [0.2, 0.25) is 0 Å². The minimum atomic E-state index is 0.402. The maximum Gasteiger partial charge on any atom is 0.00348 e. The Morgan fingerprint density at radius 1 is 0.636 bits per heavy atom. The number of hydrogen-bond donors (Lipinski definition) is 0. The largest absolute Gasteiger partial charge is 0.0622 e. The van der Waals surface area contributed by atoms with Crippen molar-refractivity contribution in [2.24, 2.45) is 0 Å². The summed E-state index contributed by atoms with van der Waals surface area (Å²) < 4.78 is 0. The summed E-state index contributed by atoms with van der Waals surface area (Å²) in [5.74, 6) is 0.803. The Bertz CT molecular complexity index is 641. The molecule has 0 nitrogen and oxygen atoms in total. The van der Waals surface area contributed by atoms with E-state index >= 15 is 0 Å². The van der Waals surface area contributed by atoms with Crippen LogP contribution in [0.4, 0.5) is 0 Å². The van der Waals surface area contributed by atoms with Gasteiger partial charge in [-0.2, -0.15) is 0 Å². The topological polar surface area (TPSA) is 0 Å². The molecule has 0 N–H and O–H groups in total. The van der Waals surface area contributed by atoms with Crippen LogP contribution >= 0.6 is 0 Å². The molecule has 0 amide bonds. The molecule has 2 unspecified atom stereocenters. The van der Waals surface area contributed by atoms with E-state index in [1.54, 1.807) is 0 Å². The molecule has 3 rings (SSSR count). The molecule has 0 saturated carbocycles. The standard InChI is InChI=1S/C22H22/c1-17(19-11-5-3-6-12-19)22(21-15-9-10-16-21)18(2)20-13-7-4-8-14-20/h3-18H,1-2H3. The fourth-order valence-corrected chi connectivity index (χ4v) is 3.28. The van der Waals surface area contributed by atoms with E-state index in [1.807, 2.05) is 0 Å². The van der Waals surface area contributed by atoms with Gasteiger partial charge in [-0.25, -0.2) is 0 Å². The molecule has 0 spiro atoms. The summed E-state index contributed by atoms with van der Waals surface area (Å²) in [4.78, 5) is 0. The smallest absolute Gasteiger partial charge is 0.00348 e. The highest BCUT2D eigenvalue weighted by atomic mass is 14.3. The average molecular weight is 286 g/mol. The lowest BCUT2D eigenvalue weighted by molar-refractivity contribution is 0.754. The lowest BCUT2D eigenvalue weighted by atomic mass is 9.79. The van der Waals surface area contributed by atoms with Crippen LogP contribution in [0, 0.1) is 0 Å². The third-order valence-corrected chi connectivity index (χ3v) is 4.53. The third kappa shape index (κ3) is 2.96. The van der Waals surface area contributed by atoms with E-state index < -0.39 is 0 Å². The van der Waals surface area contributed by atoms with Crippen molar-refractivity contribution in [1.29, 1.82) is 0 Å². The van der Waals surface area contributed by atoms with Gasteiger partial charge in [-0.3, -0.25) is 0 Å². The normalized spacial score (nSPS) is 15.8. The summed E-state index contributed by atoms with van der Waals surface area (Å²) in [6, 6.07) is 21.6. The Morgan fingerprint density at radius 2 is 1.05 bits per heavy atom. The van der Waals surface area contributed by atoms with Gasteiger partial charge >= 0.3 is 0 Å². The third-order valence-electron chi connectivity index (χ3n) is 4.53. The Balaban J connectivity index is 2.04. The zero-order valence-electron chi connectivity index (χ0n) is 13.2. The zero-order chi connectivity index (χ0) is 15.4. The van der Waals surface area contributed by atoms with E-state index in [-0.39, 0.29) is 0 Å². The molecular weight excluding hydrogens is 264 g/mol. The van der Waals surface area contributed by atoms with Crippen LogP contribution in [0.5, 0.6) is 0 Å². The molecule has 2 aromatic carbocycles. The highest BCUT2D eigenvalue weighted by Crippen LogP contribution is 2.38. The van der Waals surface area contributed by atoms with Crippen LogP contribution in [0.15, 0.2) is 96.1 Å². The summed E-state index contributed by atoms with van der Waals surface area (Å²) in [5, 5.41) is 0. The van der Waals surface area contributed by atoms with E-state index in [0.717, 1.165) is 0 Å². The van der Waals surface area contributed by atoms with Gasteiger partial charge in [0.1, 0.15) is 0 Å². The predicted octanol–water partition coefficient (Wildman–Crippen LogP) is 6.02. The van der Waals surface area contributed by atoms with Gasteiger partial charge < -0.3 is 0 Å². The van der Waals surface area contributed by atoms with E-state index in [0.29, 0.717) is 11.8 Å². The van der Waals surface area contributed by atoms with Gasteiger partial charge in [0.25, 0.3) is 0 Å². The van der Waals surface area contributed by atoms with E-state index in [4.69, 9.17) is 0 Å².